The first kappa shape index (κ1) is 14.5. The van der Waals surface area contributed by atoms with Crippen molar-refractivity contribution in [3.05, 3.63) is 52.2 Å². The van der Waals surface area contributed by atoms with Gasteiger partial charge in [0, 0.05) is 10.4 Å². The number of hydrogen-bond donors (Lipinski definition) is 1. The Kier molecular flexibility index (Phi) is 3.77. The Morgan fingerprint density at radius 2 is 1.91 bits per heavy atom. The molecule has 1 amide bonds. The molecule has 112 valence electrons. The van der Waals surface area contributed by atoms with Crippen LogP contribution in [0.2, 0.25) is 0 Å². The zero-order valence-electron chi connectivity index (χ0n) is 12.5. The molecule has 0 aliphatic rings. The van der Waals surface area contributed by atoms with Gasteiger partial charge in [-0.1, -0.05) is 35.5 Å². The van der Waals surface area contributed by atoms with Crippen molar-refractivity contribution in [1.29, 1.82) is 0 Å². The van der Waals surface area contributed by atoms with E-state index in [1.54, 1.807) is 6.92 Å². The Bertz CT molecular complexity index is 802. The predicted octanol–water partition coefficient (Wildman–Crippen LogP) is 3.98. The molecule has 0 aliphatic heterocycles. The van der Waals surface area contributed by atoms with Gasteiger partial charge in [0.25, 0.3) is 5.91 Å². The molecule has 0 unspecified atom stereocenters. The van der Waals surface area contributed by atoms with Gasteiger partial charge in [0.05, 0.1) is 5.69 Å². The molecule has 0 atom stereocenters. The number of carbonyl (C=O) groups excluding carboxylic acids is 1. The minimum absolute atomic E-state index is 0.258. The summed E-state index contributed by atoms with van der Waals surface area (Å²) in [5.41, 5.74) is 2.75. The van der Waals surface area contributed by atoms with Crippen LogP contribution in [-0.2, 0) is 0 Å². The van der Waals surface area contributed by atoms with Crippen molar-refractivity contribution in [2.75, 3.05) is 5.32 Å². The van der Waals surface area contributed by atoms with Crippen LogP contribution in [0, 0.1) is 20.8 Å². The molecule has 6 heteroatoms. The van der Waals surface area contributed by atoms with Crippen LogP contribution in [0.25, 0.3) is 11.3 Å². The van der Waals surface area contributed by atoms with E-state index >= 15 is 0 Å². The van der Waals surface area contributed by atoms with E-state index in [1.165, 1.54) is 11.3 Å². The van der Waals surface area contributed by atoms with Gasteiger partial charge in [-0.2, -0.15) is 0 Å². The highest BCUT2D eigenvalue weighted by Crippen LogP contribution is 2.27. The maximum atomic E-state index is 12.6. The van der Waals surface area contributed by atoms with Crippen molar-refractivity contribution < 1.29 is 9.32 Å². The zero-order chi connectivity index (χ0) is 15.7. The SMILES string of the molecule is Cc1nc(NC(=O)c2c(-c3ccccc3)noc2C)sc1C. The summed E-state index contributed by atoms with van der Waals surface area (Å²) in [5.74, 6) is 0.229. The van der Waals surface area contributed by atoms with Crippen LogP contribution in [0.1, 0.15) is 26.7 Å². The third-order valence-electron chi connectivity index (χ3n) is 3.39. The minimum atomic E-state index is -0.258. The molecule has 0 bridgehead atoms. The average Bonchev–Trinajstić information content (AvgIpc) is 3.03. The van der Waals surface area contributed by atoms with E-state index in [2.05, 4.69) is 15.5 Å². The lowest BCUT2D eigenvalue weighted by molar-refractivity contribution is 0.102. The predicted molar refractivity (Wildman–Crippen MR) is 86.2 cm³/mol. The fraction of sp³-hybridized carbons (Fsp3) is 0.188. The van der Waals surface area contributed by atoms with Crippen molar-refractivity contribution in [1.82, 2.24) is 10.1 Å². The van der Waals surface area contributed by atoms with Gasteiger partial charge in [-0.3, -0.25) is 10.1 Å². The maximum Gasteiger partial charge on any atom is 0.263 e. The number of benzene rings is 1. The van der Waals surface area contributed by atoms with Crippen LogP contribution >= 0.6 is 11.3 Å². The quantitative estimate of drug-likeness (QED) is 0.794. The van der Waals surface area contributed by atoms with E-state index in [4.69, 9.17) is 4.52 Å². The third-order valence-corrected chi connectivity index (χ3v) is 4.37. The highest BCUT2D eigenvalue weighted by molar-refractivity contribution is 7.15. The Morgan fingerprint density at radius 1 is 1.18 bits per heavy atom. The molecule has 2 heterocycles. The average molecular weight is 313 g/mol. The first-order valence-corrected chi connectivity index (χ1v) is 7.65. The Hall–Kier alpha value is -2.47. The highest BCUT2D eigenvalue weighted by Gasteiger charge is 2.22. The lowest BCUT2D eigenvalue weighted by Gasteiger charge is -2.02. The largest absolute Gasteiger partial charge is 0.360 e. The molecule has 1 N–H and O–H groups in total. The van der Waals surface area contributed by atoms with Gasteiger partial charge >= 0.3 is 0 Å². The van der Waals surface area contributed by atoms with E-state index in [9.17, 15) is 4.79 Å². The van der Waals surface area contributed by atoms with Gasteiger partial charge in [0.15, 0.2) is 5.13 Å². The van der Waals surface area contributed by atoms with Crippen molar-refractivity contribution >= 4 is 22.4 Å². The van der Waals surface area contributed by atoms with Crippen molar-refractivity contribution in [2.24, 2.45) is 0 Å². The molecule has 5 nitrogen and oxygen atoms in total. The molecule has 22 heavy (non-hydrogen) atoms. The Balaban J connectivity index is 1.94. The van der Waals surface area contributed by atoms with E-state index < -0.39 is 0 Å². The van der Waals surface area contributed by atoms with Crippen LogP contribution in [-0.4, -0.2) is 16.0 Å². The van der Waals surface area contributed by atoms with Crippen LogP contribution in [0.4, 0.5) is 5.13 Å². The van der Waals surface area contributed by atoms with Gasteiger partial charge < -0.3 is 4.52 Å². The fourth-order valence-corrected chi connectivity index (χ4v) is 2.93. The van der Waals surface area contributed by atoms with Crippen LogP contribution in [0.15, 0.2) is 34.9 Å². The molecule has 0 spiro atoms. The van der Waals surface area contributed by atoms with Crippen molar-refractivity contribution in [3.8, 4) is 11.3 Å². The lowest BCUT2D eigenvalue weighted by atomic mass is 10.1. The summed E-state index contributed by atoms with van der Waals surface area (Å²) in [6, 6.07) is 9.50. The summed E-state index contributed by atoms with van der Waals surface area (Å²) < 4.78 is 5.21. The van der Waals surface area contributed by atoms with Crippen molar-refractivity contribution in [3.63, 3.8) is 0 Å². The van der Waals surface area contributed by atoms with Gasteiger partial charge in [-0.05, 0) is 20.8 Å². The number of aromatic nitrogens is 2. The standard InChI is InChI=1S/C16H15N3O2S/c1-9-11(3)22-16(17-9)18-15(20)13-10(2)21-19-14(13)12-7-5-4-6-8-12/h4-8H,1-3H3,(H,17,18,20). The second kappa shape index (κ2) is 5.73. The highest BCUT2D eigenvalue weighted by atomic mass is 32.1. The summed E-state index contributed by atoms with van der Waals surface area (Å²) >= 11 is 1.45. The van der Waals surface area contributed by atoms with Crippen LogP contribution < -0.4 is 5.32 Å². The van der Waals surface area contributed by atoms with E-state index in [0.717, 1.165) is 16.1 Å². The number of nitrogens with zero attached hydrogens (tertiary/aromatic N) is 2. The van der Waals surface area contributed by atoms with E-state index in [1.807, 2.05) is 44.2 Å². The number of nitrogens with one attached hydrogen (secondary N) is 1. The Labute approximate surface area is 132 Å². The summed E-state index contributed by atoms with van der Waals surface area (Å²) in [4.78, 5) is 18.0. The zero-order valence-corrected chi connectivity index (χ0v) is 13.3. The molecule has 1 aromatic carbocycles. The van der Waals surface area contributed by atoms with Gasteiger partial charge in [0.1, 0.15) is 17.0 Å². The molecule has 0 saturated heterocycles. The minimum Gasteiger partial charge on any atom is -0.360 e. The first-order chi connectivity index (χ1) is 10.6. The summed E-state index contributed by atoms with van der Waals surface area (Å²) in [5, 5.41) is 7.43. The second-order valence-corrected chi connectivity index (χ2v) is 6.15. The number of aryl methyl sites for hydroxylation is 3. The molecule has 0 aliphatic carbocycles. The van der Waals surface area contributed by atoms with Crippen LogP contribution in [0.3, 0.4) is 0 Å². The Morgan fingerprint density at radius 3 is 2.55 bits per heavy atom. The molecule has 0 radical (unpaired) electrons. The normalized spacial score (nSPS) is 10.7. The van der Waals surface area contributed by atoms with Gasteiger partial charge in [-0.15, -0.1) is 11.3 Å². The molecular formula is C16H15N3O2S. The molecular weight excluding hydrogens is 298 g/mol. The number of rotatable bonds is 3. The number of anilines is 1. The lowest BCUT2D eigenvalue weighted by Crippen LogP contribution is -2.13. The summed E-state index contributed by atoms with van der Waals surface area (Å²) in [6.45, 7) is 5.62. The molecule has 0 saturated carbocycles. The van der Waals surface area contributed by atoms with E-state index in [-0.39, 0.29) is 5.91 Å². The third kappa shape index (κ3) is 2.65. The first-order valence-electron chi connectivity index (χ1n) is 6.83. The topological polar surface area (TPSA) is 68.0 Å². The molecule has 0 fully saturated rings. The van der Waals surface area contributed by atoms with Crippen molar-refractivity contribution in [2.45, 2.75) is 20.8 Å². The summed E-state index contributed by atoms with van der Waals surface area (Å²) in [7, 11) is 0. The molecule has 3 rings (SSSR count). The van der Waals surface area contributed by atoms with Crippen LogP contribution in [0.5, 0.6) is 0 Å². The second-order valence-electron chi connectivity index (χ2n) is 4.94. The van der Waals surface area contributed by atoms with E-state index in [0.29, 0.717) is 22.1 Å². The monoisotopic (exact) mass is 313 g/mol. The number of carbonyl (C=O) groups is 1. The molecule has 2 aromatic heterocycles. The number of thiazole rings is 1. The maximum absolute atomic E-state index is 12.6. The number of amides is 1. The van der Waals surface area contributed by atoms with Gasteiger partial charge in [0.2, 0.25) is 0 Å². The fourth-order valence-electron chi connectivity index (χ4n) is 2.12. The smallest absolute Gasteiger partial charge is 0.263 e. The molecule has 3 aromatic rings. The number of hydrogen-bond acceptors (Lipinski definition) is 5. The summed E-state index contributed by atoms with van der Waals surface area (Å²) in [6.07, 6.45) is 0. The van der Waals surface area contributed by atoms with Gasteiger partial charge in [-0.25, -0.2) is 4.98 Å².